The molecule has 0 fully saturated rings. The van der Waals surface area contributed by atoms with Crippen molar-refractivity contribution in [1.29, 1.82) is 0 Å². The minimum Gasteiger partial charge on any atom is -0.308 e. The van der Waals surface area contributed by atoms with Crippen LogP contribution < -0.4 is 4.90 Å². The van der Waals surface area contributed by atoms with E-state index in [1.165, 1.54) is 0 Å². The molecule has 0 N–H and O–H groups in total. The Morgan fingerprint density at radius 3 is 2.71 bits per heavy atom. The zero-order valence-corrected chi connectivity index (χ0v) is 14.7. The van der Waals surface area contributed by atoms with Gasteiger partial charge < -0.3 is 4.57 Å². The molecule has 0 spiro atoms. The summed E-state index contributed by atoms with van der Waals surface area (Å²) in [7, 11) is 0. The number of imidazole rings is 1. The molecular weight excluding hydrogens is 342 g/mol. The van der Waals surface area contributed by atoms with Gasteiger partial charge in [0.2, 0.25) is 11.9 Å². The minimum absolute atomic E-state index is 0.0870. The van der Waals surface area contributed by atoms with Gasteiger partial charge in [0.1, 0.15) is 0 Å². The molecular formula is C18H16ClN3OS. The summed E-state index contributed by atoms with van der Waals surface area (Å²) in [4.78, 5) is 20.4. The minimum atomic E-state index is -0.183. The van der Waals surface area contributed by atoms with Gasteiger partial charge in [0.15, 0.2) is 0 Å². The molecule has 0 radical (unpaired) electrons. The molecule has 2 heterocycles. The highest BCUT2D eigenvalue weighted by molar-refractivity contribution is 8.00. The van der Waals surface area contributed by atoms with Crippen LogP contribution >= 0.6 is 23.4 Å². The van der Waals surface area contributed by atoms with Crippen LogP contribution in [0.4, 0.5) is 5.95 Å². The van der Waals surface area contributed by atoms with E-state index in [1.54, 1.807) is 16.7 Å². The molecule has 4 rings (SSSR count). The maximum atomic E-state index is 12.9. The van der Waals surface area contributed by atoms with Crippen molar-refractivity contribution in [2.24, 2.45) is 0 Å². The molecule has 122 valence electrons. The lowest BCUT2D eigenvalue weighted by Gasteiger charge is -2.18. The Hall–Kier alpha value is -1.98. The number of nitrogens with zero attached hydrogens (tertiary/aromatic N) is 3. The number of carbonyl (C=O) groups is 1. The number of benzene rings is 2. The fourth-order valence-corrected chi connectivity index (χ4v) is 4.04. The van der Waals surface area contributed by atoms with E-state index in [-0.39, 0.29) is 11.2 Å². The van der Waals surface area contributed by atoms with Crippen LogP contribution in [0.3, 0.4) is 0 Å². The van der Waals surface area contributed by atoms with Crippen LogP contribution in [-0.4, -0.2) is 27.3 Å². The standard InChI is InChI=1S/C18H16ClN3OS/c1-12(24-14-8-6-13(19)7-9-14)17(23)22-11-10-21-16-5-3-2-4-15(16)20-18(21)22/h2-9,12H,10-11H2,1H3/t12-/m0/s1. The molecule has 2 aromatic carbocycles. The molecule has 3 aromatic rings. The number of fused-ring (bicyclic) bond motifs is 3. The van der Waals surface area contributed by atoms with Gasteiger partial charge in [-0.15, -0.1) is 11.8 Å². The predicted molar refractivity (Wildman–Crippen MR) is 98.9 cm³/mol. The first kappa shape index (κ1) is 15.5. The lowest BCUT2D eigenvalue weighted by molar-refractivity contribution is -0.117. The molecule has 4 nitrogen and oxygen atoms in total. The topological polar surface area (TPSA) is 38.1 Å². The van der Waals surface area contributed by atoms with Crippen molar-refractivity contribution >= 4 is 46.3 Å². The van der Waals surface area contributed by atoms with E-state index in [0.29, 0.717) is 11.6 Å². The van der Waals surface area contributed by atoms with Gasteiger partial charge in [-0.05, 0) is 43.3 Å². The second-order valence-corrected chi connectivity index (χ2v) is 7.61. The van der Waals surface area contributed by atoms with Crippen molar-refractivity contribution in [2.45, 2.75) is 23.6 Å². The highest BCUT2D eigenvalue weighted by Gasteiger charge is 2.31. The number of hydrogen-bond donors (Lipinski definition) is 0. The van der Waals surface area contributed by atoms with Crippen molar-refractivity contribution in [2.75, 3.05) is 11.4 Å². The van der Waals surface area contributed by atoms with Crippen molar-refractivity contribution < 1.29 is 4.79 Å². The molecule has 6 heteroatoms. The summed E-state index contributed by atoms with van der Waals surface area (Å²) in [6.07, 6.45) is 0. The Morgan fingerprint density at radius 2 is 1.92 bits per heavy atom. The van der Waals surface area contributed by atoms with E-state index in [0.717, 1.165) is 28.4 Å². The maximum Gasteiger partial charge on any atom is 0.242 e. The Kier molecular flexibility index (Phi) is 3.98. The van der Waals surface area contributed by atoms with Gasteiger partial charge in [-0.25, -0.2) is 4.98 Å². The molecule has 0 saturated carbocycles. The molecule has 0 saturated heterocycles. The van der Waals surface area contributed by atoms with E-state index >= 15 is 0 Å². The first-order valence-electron chi connectivity index (χ1n) is 7.82. The van der Waals surface area contributed by atoms with Gasteiger partial charge >= 0.3 is 0 Å². The third-order valence-corrected chi connectivity index (χ3v) is 5.51. The summed E-state index contributed by atoms with van der Waals surface area (Å²) >= 11 is 7.46. The zero-order valence-electron chi connectivity index (χ0n) is 13.1. The molecule has 1 aliphatic rings. The normalized spacial score (nSPS) is 14.8. The second-order valence-electron chi connectivity index (χ2n) is 5.76. The molecule has 0 aliphatic carbocycles. The Bertz CT molecular complexity index is 906. The molecule has 24 heavy (non-hydrogen) atoms. The van der Waals surface area contributed by atoms with Crippen molar-refractivity contribution in [1.82, 2.24) is 9.55 Å². The summed E-state index contributed by atoms with van der Waals surface area (Å²) in [5.41, 5.74) is 2.02. The third kappa shape index (κ3) is 2.68. The van der Waals surface area contributed by atoms with Crippen LogP contribution in [0.1, 0.15) is 6.92 Å². The SMILES string of the molecule is C[C@H](Sc1ccc(Cl)cc1)C(=O)N1CCn2c1nc1ccccc12. The number of carbonyl (C=O) groups excluding carboxylic acids is 1. The molecule has 1 atom stereocenters. The fourth-order valence-electron chi connectivity index (χ4n) is 2.99. The van der Waals surface area contributed by atoms with Crippen LogP contribution in [0.5, 0.6) is 0 Å². The fraction of sp³-hybridized carbons (Fsp3) is 0.222. The number of anilines is 1. The Morgan fingerprint density at radius 1 is 1.17 bits per heavy atom. The average molecular weight is 358 g/mol. The van der Waals surface area contributed by atoms with Gasteiger partial charge in [-0.2, -0.15) is 0 Å². The van der Waals surface area contributed by atoms with Crippen LogP contribution in [0, 0.1) is 0 Å². The molecule has 1 amide bonds. The maximum absolute atomic E-state index is 12.9. The summed E-state index contributed by atoms with van der Waals surface area (Å²) in [5, 5.41) is 0.518. The lowest BCUT2D eigenvalue weighted by atomic mass is 10.3. The van der Waals surface area contributed by atoms with Crippen LogP contribution in [0.15, 0.2) is 53.4 Å². The van der Waals surface area contributed by atoms with Gasteiger partial charge in [0, 0.05) is 23.0 Å². The largest absolute Gasteiger partial charge is 0.308 e. The van der Waals surface area contributed by atoms with Gasteiger partial charge in [0.25, 0.3) is 0 Å². The molecule has 0 unspecified atom stereocenters. The summed E-state index contributed by atoms with van der Waals surface area (Å²) < 4.78 is 2.12. The van der Waals surface area contributed by atoms with Gasteiger partial charge in [0.05, 0.1) is 16.3 Å². The van der Waals surface area contributed by atoms with Crippen LogP contribution in [0.2, 0.25) is 5.02 Å². The number of hydrogen-bond acceptors (Lipinski definition) is 3. The first-order chi connectivity index (χ1) is 11.6. The number of aromatic nitrogens is 2. The lowest BCUT2D eigenvalue weighted by Crippen LogP contribution is -2.35. The average Bonchev–Trinajstić information content (AvgIpc) is 3.15. The number of thioether (sulfide) groups is 1. The quantitative estimate of drug-likeness (QED) is 0.659. The van der Waals surface area contributed by atoms with E-state index < -0.39 is 0 Å². The van der Waals surface area contributed by atoms with E-state index in [9.17, 15) is 4.79 Å². The summed E-state index contributed by atoms with van der Waals surface area (Å²) in [6.45, 7) is 3.41. The highest BCUT2D eigenvalue weighted by Crippen LogP contribution is 2.31. The zero-order chi connectivity index (χ0) is 16.7. The van der Waals surface area contributed by atoms with Crippen molar-refractivity contribution in [3.8, 4) is 0 Å². The third-order valence-electron chi connectivity index (χ3n) is 4.16. The van der Waals surface area contributed by atoms with E-state index in [4.69, 9.17) is 11.6 Å². The van der Waals surface area contributed by atoms with Crippen molar-refractivity contribution in [3.63, 3.8) is 0 Å². The summed E-state index contributed by atoms with van der Waals surface area (Å²) in [6, 6.07) is 15.6. The van der Waals surface area contributed by atoms with Gasteiger partial charge in [-0.3, -0.25) is 9.69 Å². The predicted octanol–water partition coefficient (Wildman–Crippen LogP) is 4.22. The molecule has 1 aliphatic heterocycles. The first-order valence-corrected chi connectivity index (χ1v) is 9.08. The van der Waals surface area contributed by atoms with E-state index in [2.05, 4.69) is 9.55 Å². The molecule has 0 bridgehead atoms. The second kappa shape index (κ2) is 6.15. The van der Waals surface area contributed by atoms with E-state index in [1.807, 2.05) is 55.5 Å². The number of rotatable bonds is 3. The monoisotopic (exact) mass is 357 g/mol. The number of para-hydroxylation sites is 2. The summed E-state index contributed by atoms with van der Waals surface area (Å²) in [5.74, 6) is 0.841. The Balaban J connectivity index is 1.56. The van der Waals surface area contributed by atoms with Crippen LogP contribution in [-0.2, 0) is 11.3 Å². The smallest absolute Gasteiger partial charge is 0.242 e. The highest BCUT2D eigenvalue weighted by atomic mass is 35.5. The van der Waals surface area contributed by atoms with Gasteiger partial charge in [-0.1, -0.05) is 23.7 Å². The van der Waals surface area contributed by atoms with Crippen LogP contribution in [0.25, 0.3) is 11.0 Å². The number of halogens is 1. The molecule has 1 aromatic heterocycles. The Labute approximate surface area is 149 Å². The van der Waals surface area contributed by atoms with Crippen molar-refractivity contribution in [3.05, 3.63) is 53.6 Å². The number of amides is 1.